The molecule has 1 aromatic heterocycles. The van der Waals surface area contributed by atoms with Crippen molar-refractivity contribution in [3.63, 3.8) is 0 Å². The summed E-state index contributed by atoms with van der Waals surface area (Å²) in [7, 11) is 0. The van der Waals surface area contributed by atoms with Crippen molar-refractivity contribution in [3.05, 3.63) is 57.0 Å². The second-order valence-electron chi connectivity index (χ2n) is 5.34. The zero-order chi connectivity index (χ0) is 15.0. The molecule has 1 unspecified atom stereocenters. The number of thiophene rings is 1. The standard InChI is InChI=1S/C16H17FN2S2/c1-10-12-6-8-21-14(12)5-7-19(10)9-11-3-2-4-13(15(11)17)16(18)20/h2-4,6,8,10H,5,7,9H2,1H3,(H2,18,20). The van der Waals surface area contributed by atoms with Crippen LogP contribution in [0.4, 0.5) is 4.39 Å². The zero-order valence-electron chi connectivity index (χ0n) is 11.8. The summed E-state index contributed by atoms with van der Waals surface area (Å²) in [4.78, 5) is 3.87. The Morgan fingerprint density at radius 3 is 3.05 bits per heavy atom. The van der Waals surface area contributed by atoms with Crippen molar-refractivity contribution in [2.45, 2.75) is 25.9 Å². The van der Waals surface area contributed by atoms with Crippen LogP contribution in [0.3, 0.4) is 0 Å². The van der Waals surface area contributed by atoms with E-state index in [2.05, 4.69) is 23.3 Å². The van der Waals surface area contributed by atoms with Crippen LogP contribution in [0.1, 0.15) is 34.5 Å². The van der Waals surface area contributed by atoms with E-state index < -0.39 is 0 Å². The normalized spacial score (nSPS) is 18.5. The van der Waals surface area contributed by atoms with Crippen LogP contribution in [0.25, 0.3) is 0 Å². The van der Waals surface area contributed by atoms with E-state index in [-0.39, 0.29) is 10.8 Å². The molecule has 1 atom stereocenters. The minimum Gasteiger partial charge on any atom is -0.389 e. The maximum atomic E-state index is 14.4. The highest BCUT2D eigenvalue weighted by Crippen LogP contribution is 2.34. The molecule has 0 saturated carbocycles. The molecule has 2 N–H and O–H groups in total. The van der Waals surface area contributed by atoms with Gasteiger partial charge in [-0.15, -0.1) is 11.3 Å². The molecule has 0 bridgehead atoms. The second kappa shape index (κ2) is 5.83. The van der Waals surface area contributed by atoms with Crippen LogP contribution in [0.15, 0.2) is 29.6 Å². The van der Waals surface area contributed by atoms with Crippen molar-refractivity contribution in [1.29, 1.82) is 0 Å². The third-order valence-electron chi connectivity index (χ3n) is 4.12. The maximum absolute atomic E-state index is 14.4. The highest BCUT2D eigenvalue weighted by Gasteiger charge is 2.25. The molecule has 1 aliphatic heterocycles. The summed E-state index contributed by atoms with van der Waals surface area (Å²) in [6.45, 7) is 3.71. The SMILES string of the molecule is CC1c2ccsc2CCN1Cc1cccc(C(N)=S)c1F. The first kappa shape index (κ1) is 14.6. The molecule has 110 valence electrons. The van der Waals surface area contributed by atoms with Gasteiger partial charge in [-0.2, -0.15) is 0 Å². The van der Waals surface area contributed by atoms with Gasteiger partial charge in [0.15, 0.2) is 0 Å². The Morgan fingerprint density at radius 2 is 2.29 bits per heavy atom. The van der Waals surface area contributed by atoms with Crippen molar-refractivity contribution in [2.75, 3.05) is 6.54 Å². The van der Waals surface area contributed by atoms with Gasteiger partial charge in [-0.25, -0.2) is 4.39 Å². The van der Waals surface area contributed by atoms with E-state index >= 15 is 0 Å². The predicted octanol–water partition coefficient (Wildman–Crippen LogP) is 3.64. The number of thiocarbonyl (C=S) groups is 1. The van der Waals surface area contributed by atoms with Crippen LogP contribution in [-0.4, -0.2) is 16.4 Å². The van der Waals surface area contributed by atoms with Gasteiger partial charge < -0.3 is 5.73 Å². The highest BCUT2D eigenvalue weighted by atomic mass is 32.1. The average Bonchev–Trinajstić information content (AvgIpc) is 2.93. The van der Waals surface area contributed by atoms with Crippen LogP contribution in [-0.2, 0) is 13.0 Å². The predicted molar refractivity (Wildman–Crippen MR) is 89.1 cm³/mol. The van der Waals surface area contributed by atoms with Crippen molar-refractivity contribution >= 4 is 28.5 Å². The van der Waals surface area contributed by atoms with Crippen LogP contribution in [0.5, 0.6) is 0 Å². The van der Waals surface area contributed by atoms with Crippen LogP contribution in [0.2, 0.25) is 0 Å². The number of hydrogen-bond acceptors (Lipinski definition) is 3. The van der Waals surface area contributed by atoms with Crippen LogP contribution in [0, 0.1) is 5.82 Å². The molecule has 0 spiro atoms. The van der Waals surface area contributed by atoms with E-state index in [4.69, 9.17) is 18.0 Å². The average molecular weight is 320 g/mol. The van der Waals surface area contributed by atoms with Gasteiger partial charge in [-0.05, 0) is 36.4 Å². The van der Waals surface area contributed by atoms with Crippen molar-refractivity contribution in [2.24, 2.45) is 5.73 Å². The van der Waals surface area contributed by atoms with E-state index in [1.54, 1.807) is 6.07 Å². The van der Waals surface area contributed by atoms with Crippen LogP contribution < -0.4 is 5.73 Å². The summed E-state index contributed by atoms with van der Waals surface area (Å²) < 4.78 is 14.4. The van der Waals surface area contributed by atoms with E-state index in [0.29, 0.717) is 23.7 Å². The molecule has 3 rings (SSSR count). The molecule has 2 heterocycles. The van der Waals surface area contributed by atoms with E-state index in [1.165, 1.54) is 10.4 Å². The number of rotatable bonds is 3. The highest BCUT2D eigenvalue weighted by molar-refractivity contribution is 7.80. The number of nitrogens with zero attached hydrogens (tertiary/aromatic N) is 1. The van der Waals surface area contributed by atoms with Gasteiger partial charge in [0, 0.05) is 35.1 Å². The fraction of sp³-hybridized carbons (Fsp3) is 0.312. The summed E-state index contributed by atoms with van der Waals surface area (Å²) in [6, 6.07) is 7.76. The van der Waals surface area contributed by atoms with Gasteiger partial charge in [0.1, 0.15) is 10.8 Å². The fourth-order valence-corrected chi connectivity index (χ4v) is 4.01. The lowest BCUT2D eigenvalue weighted by Crippen LogP contribution is -2.33. The summed E-state index contributed by atoms with van der Waals surface area (Å²) in [5, 5.41) is 2.14. The molecule has 0 radical (unpaired) electrons. The van der Waals surface area contributed by atoms with Gasteiger partial charge >= 0.3 is 0 Å². The molecule has 5 heteroatoms. The molecule has 0 saturated heterocycles. The Bertz CT molecular complexity index is 681. The number of hydrogen-bond donors (Lipinski definition) is 1. The lowest BCUT2D eigenvalue weighted by atomic mass is 10.00. The first-order valence-corrected chi connectivity index (χ1v) is 8.24. The Morgan fingerprint density at radius 1 is 1.48 bits per heavy atom. The number of benzene rings is 1. The van der Waals surface area contributed by atoms with E-state index in [0.717, 1.165) is 13.0 Å². The smallest absolute Gasteiger partial charge is 0.137 e. The van der Waals surface area contributed by atoms with Gasteiger partial charge in [0.25, 0.3) is 0 Å². The Labute approximate surface area is 133 Å². The summed E-state index contributed by atoms with van der Waals surface area (Å²) in [5.74, 6) is -0.284. The van der Waals surface area contributed by atoms with E-state index in [9.17, 15) is 4.39 Å². The topological polar surface area (TPSA) is 29.3 Å². The van der Waals surface area contributed by atoms with Gasteiger partial charge in [0.05, 0.1) is 0 Å². The minimum atomic E-state index is -0.284. The number of nitrogens with two attached hydrogens (primary N) is 1. The van der Waals surface area contributed by atoms with Gasteiger partial charge in [-0.3, -0.25) is 4.90 Å². The monoisotopic (exact) mass is 320 g/mol. The van der Waals surface area contributed by atoms with E-state index in [1.807, 2.05) is 23.5 Å². The van der Waals surface area contributed by atoms with Crippen molar-refractivity contribution < 1.29 is 4.39 Å². The zero-order valence-corrected chi connectivity index (χ0v) is 13.4. The Kier molecular flexibility index (Phi) is 4.06. The minimum absolute atomic E-state index is 0.112. The van der Waals surface area contributed by atoms with Crippen molar-refractivity contribution in [1.82, 2.24) is 4.90 Å². The molecule has 1 aromatic carbocycles. The van der Waals surface area contributed by atoms with Gasteiger partial charge in [-0.1, -0.05) is 24.4 Å². The van der Waals surface area contributed by atoms with Crippen LogP contribution >= 0.6 is 23.6 Å². The first-order valence-electron chi connectivity index (χ1n) is 6.95. The third-order valence-corrected chi connectivity index (χ3v) is 5.34. The second-order valence-corrected chi connectivity index (χ2v) is 6.78. The number of fused-ring (bicyclic) bond motifs is 1. The molecule has 2 aromatic rings. The fourth-order valence-electron chi connectivity index (χ4n) is 2.89. The summed E-state index contributed by atoms with van der Waals surface area (Å²) in [6.07, 6.45) is 1.04. The first-order chi connectivity index (χ1) is 10.1. The molecular weight excluding hydrogens is 303 g/mol. The Balaban J connectivity index is 1.85. The largest absolute Gasteiger partial charge is 0.389 e. The molecule has 2 nitrogen and oxygen atoms in total. The lowest BCUT2D eigenvalue weighted by Gasteiger charge is -2.33. The third kappa shape index (κ3) is 2.73. The maximum Gasteiger partial charge on any atom is 0.137 e. The Hall–Kier alpha value is -1.30. The lowest BCUT2D eigenvalue weighted by molar-refractivity contribution is 0.189. The van der Waals surface area contributed by atoms with Gasteiger partial charge in [0.2, 0.25) is 0 Å². The molecule has 0 aliphatic carbocycles. The van der Waals surface area contributed by atoms with Crippen molar-refractivity contribution in [3.8, 4) is 0 Å². The molecule has 21 heavy (non-hydrogen) atoms. The quantitative estimate of drug-likeness (QED) is 0.876. The molecular formula is C16H17FN2S2. The summed E-state index contributed by atoms with van der Waals surface area (Å²) >= 11 is 6.72. The number of halogens is 1. The molecule has 1 aliphatic rings. The summed E-state index contributed by atoms with van der Waals surface area (Å²) in [5.41, 5.74) is 7.94. The molecule has 0 fully saturated rings. The molecule has 0 amide bonds.